The van der Waals surface area contributed by atoms with Gasteiger partial charge < -0.3 is 14.2 Å². The average Bonchev–Trinajstić information content (AvgIpc) is 3.39. The molecule has 0 radical (unpaired) electrons. The smallest absolute Gasteiger partial charge is 0.264 e. The highest BCUT2D eigenvalue weighted by molar-refractivity contribution is 5.77. The predicted molar refractivity (Wildman–Crippen MR) is 105 cm³/mol. The van der Waals surface area contributed by atoms with E-state index >= 15 is 0 Å². The van der Waals surface area contributed by atoms with E-state index in [0.717, 1.165) is 31.6 Å². The Balaban J connectivity index is 1.38. The molecule has 1 aromatic carbocycles. The molecule has 6 nitrogen and oxygen atoms in total. The van der Waals surface area contributed by atoms with Crippen LogP contribution in [0.25, 0.3) is 0 Å². The standard InChI is InChI=1S/C22H29N3O3/c1-16-9-11-18(12-10-16)27-15-20-23-22(24-28-20)19-8-4-5-13-25(19)21(26)14-17-6-2-3-7-17/h9-12,17,19H,2-8,13-15H2,1H3. The molecule has 0 bridgehead atoms. The second-order valence-electron chi connectivity index (χ2n) is 8.10. The first-order valence-corrected chi connectivity index (χ1v) is 10.5. The molecular formula is C22H29N3O3. The highest BCUT2D eigenvalue weighted by atomic mass is 16.5. The Kier molecular flexibility index (Phi) is 5.93. The SMILES string of the molecule is Cc1ccc(OCc2nc(C3CCCCN3C(=O)CC3CCCC3)no2)cc1. The van der Waals surface area contributed by atoms with E-state index in [9.17, 15) is 4.79 Å². The number of hydrogen-bond acceptors (Lipinski definition) is 5. The van der Waals surface area contributed by atoms with Gasteiger partial charge in [-0.2, -0.15) is 4.98 Å². The first-order chi connectivity index (χ1) is 13.7. The fourth-order valence-corrected chi connectivity index (χ4v) is 4.32. The summed E-state index contributed by atoms with van der Waals surface area (Å²) >= 11 is 0. The number of amides is 1. The molecule has 1 aliphatic heterocycles. The zero-order valence-corrected chi connectivity index (χ0v) is 16.6. The largest absolute Gasteiger partial charge is 0.484 e. The van der Waals surface area contributed by atoms with Crippen molar-refractivity contribution in [3.8, 4) is 5.75 Å². The molecule has 2 fully saturated rings. The molecule has 150 valence electrons. The third-order valence-corrected chi connectivity index (χ3v) is 5.93. The lowest BCUT2D eigenvalue weighted by Gasteiger charge is -2.34. The van der Waals surface area contributed by atoms with Gasteiger partial charge in [0, 0.05) is 13.0 Å². The molecule has 2 aliphatic rings. The third-order valence-electron chi connectivity index (χ3n) is 5.93. The first-order valence-electron chi connectivity index (χ1n) is 10.5. The topological polar surface area (TPSA) is 68.5 Å². The van der Waals surface area contributed by atoms with Crippen LogP contribution < -0.4 is 4.74 Å². The van der Waals surface area contributed by atoms with Gasteiger partial charge in [-0.3, -0.25) is 4.79 Å². The van der Waals surface area contributed by atoms with Gasteiger partial charge >= 0.3 is 0 Å². The molecule has 2 aromatic rings. The summed E-state index contributed by atoms with van der Waals surface area (Å²) in [4.78, 5) is 19.4. The number of hydrogen-bond donors (Lipinski definition) is 0. The Hall–Kier alpha value is -2.37. The molecule has 6 heteroatoms. The molecule has 0 spiro atoms. The van der Waals surface area contributed by atoms with Gasteiger partial charge in [-0.1, -0.05) is 35.7 Å². The van der Waals surface area contributed by atoms with Crippen molar-refractivity contribution >= 4 is 5.91 Å². The number of likely N-dealkylation sites (tertiary alicyclic amines) is 1. The summed E-state index contributed by atoms with van der Waals surface area (Å²) in [6.07, 6.45) is 8.59. The molecule has 1 aliphatic carbocycles. The van der Waals surface area contributed by atoms with Crippen LogP contribution in [0.4, 0.5) is 0 Å². The first kappa shape index (κ1) is 19.0. The summed E-state index contributed by atoms with van der Waals surface area (Å²) < 4.78 is 11.1. The van der Waals surface area contributed by atoms with Crippen LogP contribution in [0.3, 0.4) is 0 Å². The molecule has 2 heterocycles. The van der Waals surface area contributed by atoms with Crippen LogP contribution in [-0.2, 0) is 11.4 Å². The Morgan fingerprint density at radius 2 is 1.89 bits per heavy atom. The van der Waals surface area contributed by atoms with E-state index in [1.165, 1.54) is 31.2 Å². The second kappa shape index (κ2) is 8.76. The molecule has 0 N–H and O–H groups in total. The van der Waals surface area contributed by atoms with Crippen molar-refractivity contribution in [2.24, 2.45) is 5.92 Å². The summed E-state index contributed by atoms with van der Waals surface area (Å²) in [5, 5.41) is 4.17. The molecule has 1 unspecified atom stereocenters. The quantitative estimate of drug-likeness (QED) is 0.730. The number of piperidine rings is 1. The summed E-state index contributed by atoms with van der Waals surface area (Å²) in [7, 11) is 0. The van der Waals surface area contributed by atoms with Crippen LogP contribution in [0, 0.1) is 12.8 Å². The van der Waals surface area contributed by atoms with Crippen LogP contribution >= 0.6 is 0 Å². The van der Waals surface area contributed by atoms with Crippen LogP contribution in [0.2, 0.25) is 0 Å². The predicted octanol–water partition coefficient (Wildman–Crippen LogP) is 4.59. The maximum atomic E-state index is 12.9. The zero-order valence-electron chi connectivity index (χ0n) is 16.6. The van der Waals surface area contributed by atoms with Crippen molar-refractivity contribution in [2.75, 3.05) is 6.54 Å². The monoisotopic (exact) mass is 383 g/mol. The minimum atomic E-state index is -0.0699. The van der Waals surface area contributed by atoms with E-state index in [1.807, 2.05) is 36.1 Å². The maximum absolute atomic E-state index is 12.9. The Bertz CT molecular complexity index is 781. The fourth-order valence-electron chi connectivity index (χ4n) is 4.32. The molecule has 4 rings (SSSR count). The number of aromatic nitrogens is 2. The van der Waals surface area contributed by atoms with Gasteiger partial charge in [0.25, 0.3) is 5.89 Å². The highest BCUT2D eigenvalue weighted by Crippen LogP contribution is 2.33. The van der Waals surface area contributed by atoms with Gasteiger partial charge in [-0.05, 0) is 57.1 Å². The molecule has 1 saturated carbocycles. The van der Waals surface area contributed by atoms with E-state index in [-0.39, 0.29) is 18.6 Å². The summed E-state index contributed by atoms with van der Waals surface area (Å²) in [5.41, 5.74) is 1.19. The van der Waals surface area contributed by atoms with E-state index in [0.29, 0.717) is 24.1 Å². The van der Waals surface area contributed by atoms with E-state index in [1.54, 1.807) is 0 Å². The molecule has 1 atom stereocenters. The number of benzene rings is 1. The molecule has 28 heavy (non-hydrogen) atoms. The number of aryl methyl sites for hydroxylation is 1. The van der Waals surface area contributed by atoms with Crippen molar-refractivity contribution in [3.05, 3.63) is 41.5 Å². The number of rotatable bonds is 6. The van der Waals surface area contributed by atoms with E-state index in [2.05, 4.69) is 10.1 Å². The van der Waals surface area contributed by atoms with Gasteiger partial charge in [-0.25, -0.2) is 0 Å². The minimum absolute atomic E-state index is 0.0699. The van der Waals surface area contributed by atoms with Gasteiger partial charge in [0.05, 0.1) is 6.04 Å². The van der Waals surface area contributed by atoms with Crippen molar-refractivity contribution in [2.45, 2.75) is 70.9 Å². The van der Waals surface area contributed by atoms with Crippen LogP contribution in [-0.4, -0.2) is 27.5 Å². The lowest BCUT2D eigenvalue weighted by atomic mass is 9.98. The summed E-state index contributed by atoms with van der Waals surface area (Å²) in [6, 6.07) is 7.79. The minimum Gasteiger partial charge on any atom is -0.484 e. The fraction of sp³-hybridized carbons (Fsp3) is 0.591. The second-order valence-corrected chi connectivity index (χ2v) is 8.10. The summed E-state index contributed by atoms with van der Waals surface area (Å²) in [6.45, 7) is 3.07. The Morgan fingerprint density at radius 3 is 2.68 bits per heavy atom. The Labute approximate surface area is 166 Å². The number of nitrogens with zero attached hydrogens (tertiary/aromatic N) is 3. The maximum Gasteiger partial charge on any atom is 0.264 e. The third kappa shape index (κ3) is 4.54. The lowest BCUT2D eigenvalue weighted by molar-refractivity contribution is -0.136. The van der Waals surface area contributed by atoms with Crippen molar-refractivity contribution in [1.82, 2.24) is 15.0 Å². The molecular weight excluding hydrogens is 354 g/mol. The zero-order chi connectivity index (χ0) is 19.3. The van der Waals surface area contributed by atoms with Gasteiger partial charge in [-0.15, -0.1) is 0 Å². The van der Waals surface area contributed by atoms with Crippen molar-refractivity contribution < 1.29 is 14.1 Å². The van der Waals surface area contributed by atoms with Crippen molar-refractivity contribution in [1.29, 1.82) is 0 Å². The van der Waals surface area contributed by atoms with E-state index < -0.39 is 0 Å². The molecule has 1 saturated heterocycles. The van der Waals surface area contributed by atoms with Crippen LogP contribution in [0.15, 0.2) is 28.8 Å². The highest BCUT2D eigenvalue weighted by Gasteiger charge is 2.32. The van der Waals surface area contributed by atoms with Gasteiger partial charge in [0.2, 0.25) is 5.91 Å². The molecule has 1 amide bonds. The van der Waals surface area contributed by atoms with E-state index in [4.69, 9.17) is 9.26 Å². The number of carbonyl (C=O) groups is 1. The Morgan fingerprint density at radius 1 is 1.14 bits per heavy atom. The summed E-state index contributed by atoms with van der Waals surface area (Å²) in [5.74, 6) is 2.64. The number of ether oxygens (including phenoxy) is 1. The normalized spacial score (nSPS) is 20.5. The molecule has 1 aromatic heterocycles. The lowest BCUT2D eigenvalue weighted by Crippen LogP contribution is -2.39. The van der Waals surface area contributed by atoms with Crippen LogP contribution in [0.5, 0.6) is 5.75 Å². The van der Waals surface area contributed by atoms with Gasteiger partial charge in [0.15, 0.2) is 12.4 Å². The number of carbonyl (C=O) groups excluding carboxylic acids is 1. The van der Waals surface area contributed by atoms with Gasteiger partial charge in [0.1, 0.15) is 5.75 Å². The average molecular weight is 383 g/mol. The van der Waals surface area contributed by atoms with Crippen LogP contribution in [0.1, 0.15) is 74.7 Å². The van der Waals surface area contributed by atoms with Crippen molar-refractivity contribution in [3.63, 3.8) is 0 Å².